The first-order chi connectivity index (χ1) is 7.24. The van der Waals surface area contributed by atoms with Gasteiger partial charge in [0.15, 0.2) is 0 Å². The third kappa shape index (κ3) is 2.21. The number of anilines is 1. The highest BCUT2D eigenvalue weighted by molar-refractivity contribution is 9.10. The van der Waals surface area contributed by atoms with E-state index in [0.29, 0.717) is 6.04 Å². The standard InChI is InChI=1S/C11H14Br2N2/c1-8-4-5-14-11(10(8)13)15-6-2-3-9(15)7-12/h4-5,9H,2-3,6-7H2,1H3. The molecule has 0 N–H and O–H groups in total. The minimum atomic E-state index is 0.593. The molecule has 15 heavy (non-hydrogen) atoms. The molecule has 1 aromatic rings. The van der Waals surface area contributed by atoms with Crippen LogP contribution in [0.1, 0.15) is 18.4 Å². The van der Waals surface area contributed by atoms with Gasteiger partial charge in [0.2, 0.25) is 0 Å². The van der Waals surface area contributed by atoms with Crippen molar-refractivity contribution in [1.82, 2.24) is 4.98 Å². The van der Waals surface area contributed by atoms with Gasteiger partial charge in [0.1, 0.15) is 5.82 Å². The first-order valence-electron chi connectivity index (χ1n) is 5.17. The summed E-state index contributed by atoms with van der Waals surface area (Å²) in [6, 6.07) is 2.63. The van der Waals surface area contributed by atoms with Crippen molar-refractivity contribution in [2.75, 3.05) is 16.8 Å². The van der Waals surface area contributed by atoms with Gasteiger partial charge in [0.25, 0.3) is 0 Å². The lowest BCUT2D eigenvalue weighted by Gasteiger charge is -2.25. The summed E-state index contributed by atoms with van der Waals surface area (Å²) in [5.74, 6) is 1.09. The second-order valence-corrected chi connectivity index (χ2v) is 5.35. The van der Waals surface area contributed by atoms with Crippen LogP contribution in [0.4, 0.5) is 5.82 Å². The highest BCUT2D eigenvalue weighted by Gasteiger charge is 2.26. The van der Waals surface area contributed by atoms with Crippen molar-refractivity contribution in [3.05, 3.63) is 22.3 Å². The largest absolute Gasteiger partial charge is 0.352 e. The van der Waals surface area contributed by atoms with E-state index in [-0.39, 0.29) is 0 Å². The molecule has 0 saturated carbocycles. The van der Waals surface area contributed by atoms with Gasteiger partial charge < -0.3 is 4.90 Å². The lowest BCUT2D eigenvalue weighted by atomic mass is 10.2. The fourth-order valence-electron chi connectivity index (χ4n) is 2.00. The number of pyridine rings is 1. The third-order valence-electron chi connectivity index (χ3n) is 2.89. The summed E-state index contributed by atoms with van der Waals surface area (Å²) >= 11 is 7.20. The molecule has 1 fully saturated rings. The van der Waals surface area contributed by atoms with Gasteiger partial charge in [-0.05, 0) is 47.3 Å². The SMILES string of the molecule is Cc1ccnc(N2CCCC2CBr)c1Br. The highest BCUT2D eigenvalue weighted by Crippen LogP contribution is 2.32. The van der Waals surface area contributed by atoms with E-state index in [1.807, 2.05) is 12.3 Å². The van der Waals surface area contributed by atoms with Crippen LogP contribution in [0.5, 0.6) is 0 Å². The number of aromatic nitrogens is 1. The Morgan fingerprint density at radius 2 is 2.40 bits per heavy atom. The summed E-state index contributed by atoms with van der Waals surface area (Å²) in [4.78, 5) is 6.87. The molecule has 1 atom stereocenters. The van der Waals surface area contributed by atoms with Crippen molar-refractivity contribution in [2.45, 2.75) is 25.8 Å². The van der Waals surface area contributed by atoms with Crippen LogP contribution in [0.25, 0.3) is 0 Å². The number of hydrogen-bond acceptors (Lipinski definition) is 2. The minimum absolute atomic E-state index is 0.593. The molecule has 0 bridgehead atoms. The molecule has 0 spiro atoms. The first-order valence-corrected chi connectivity index (χ1v) is 7.09. The van der Waals surface area contributed by atoms with E-state index < -0.39 is 0 Å². The summed E-state index contributed by atoms with van der Waals surface area (Å²) < 4.78 is 1.14. The maximum Gasteiger partial charge on any atom is 0.143 e. The number of alkyl halides is 1. The molecule has 2 heterocycles. The molecule has 0 aromatic carbocycles. The maximum absolute atomic E-state index is 4.48. The number of halogens is 2. The molecule has 0 amide bonds. The summed E-state index contributed by atoms with van der Waals surface area (Å²) in [6.45, 7) is 3.22. The van der Waals surface area contributed by atoms with Crippen molar-refractivity contribution >= 4 is 37.7 Å². The van der Waals surface area contributed by atoms with Gasteiger partial charge in [-0.1, -0.05) is 15.9 Å². The van der Waals surface area contributed by atoms with Crippen LogP contribution >= 0.6 is 31.9 Å². The molecule has 1 aliphatic heterocycles. The first kappa shape index (κ1) is 11.4. The quantitative estimate of drug-likeness (QED) is 0.770. The zero-order valence-corrected chi connectivity index (χ0v) is 11.9. The van der Waals surface area contributed by atoms with Gasteiger partial charge in [-0.2, -0.15) is 0 Å². The second-order valence-electron chi connectivity index (χ2n) is 3.91. The highest BCUT2D eigenvalue weighted by atomic mass is 79.9. The minimum Gasteiger partial charge on any atom is -0.352 e. The molecule has 1 aliphatic rings. The van der Waals surface area contributed by atoms with E-state index in [1.165, 1.54) is 18.4 Å². The molecule has 1 unspecified atom stereocenters. The van der Waals surface area contributed by atoms with Crippen molar-refractivity contribution in [3.63, 3.8) is 0 Å². The fourth-order valence-corrected chi connectivity index (χ4v) is 3.14. The number of hydrogen-bond donors (Lipinski definition) is 0. The summed E-state index contributed by atoms with van der Waals surface area (Å²) in [5.41, 5.74) is 1.25. The van der Waals surface area contributed by atoms with Gasteiger partial charge in [-0.25, -0.2) is 4.98 Å². The molecule has 0 radical (unpaired) electrons. The Labute approximate surface area is 107 Å². The van der Waals surface area contributed by atoms with E-state index in [9.17, 15) is 0 Å². The Bertz CT molecular complexity index is 354. The van der Waals surface area contributed by atoms with Crippen LogP contribution in [-0.2, 0) is 0 Å². The average molecular weight is 334 g/mol. The number of rotatable bonds is 2. The van der Waals surface area contributed by atoms with E-state index in [2.05, 4.69) is 48.7 Å². The molecule has 1 aromatic heterocycles. The molecule has 1 saturated heterocycles. The Kier molecular flexibility index (Phi) is 3.67. The van der Waals surface area contributed by atoms with Crippen molar-refractivity contribution in [2.24, 2.45) is 0 Å². The normalized spacial score (nSPS) is 21.0. The van der Waals surface area contributed by atoms with Gasteiger partial charge in [-0.3, -0.25) is 0 Å². The second kappa shape index (κ2) is 4.83. The van der Waals surface area contributed by atoms with E-state index >= 15 is 0 Å². The van der Waals surface area contributed by atoms with Gasteiger partial charge >= 0.3 is 0 Å². The lowest BCUT2D eigenvalue weighted by molar-refractivity contribution is 0.740. The predicted octanol–water partition coefficient (Wildman–Crippen LogP) is 3.52. The molecule has 0 aliphatic carbocycles. The number of nitrogens with zero attached hydrogens (tertiary/aromatic N) is 2. The summed E-state index contributed by atoms with van der Waals surface area (Å²) in [7, 11) is 0. The number of aryl methyl sites for hydroxylation is 1. The molecular formula is C11H14Br2N2. The zero-order chi connectivity index (χ0) is 10.8. The van der Waals surface area contributed by atoms with E-state index in [1.54, 1.807) is 0 Å². The van der Waals surface area contributed by atoms with Crippen LogP contribution in [0.2, 0.25) is 0 Å². The van der Waals surface area contributed by atoms with Crippen LogP contribution in [-0.4, -0.2) is 22.9 Å². The molecule has 2 nitrogen and oxygen atoms in total. The molecule has 82 valence electrons. The van der Waals surface area contributed by atoms with Crippen molar-refractivity contribution in [1.29, 1.82) is 0 Å². The van der Waals surface area contributed by atoms with Crippen LogP contribution in [0.3, 0.4) is 0 Å². The predicted molar refractivity (Wildman–Crippen MR) is 70.8 cm³/mol. The van der Waals surface area contributed by atoms with Gasteiger partial charge in [-0.15, -0.1) is 0 Å². The van der Waals surface area contributed by atoms with Crippen molar-refractivity contribution in [3.8, 4) is 0 Å². The Balaban J connectivity index is 2.32. The van der Waals surface area contributed by atoms with Crippen LogP contribution < -0.4 is 4.90 Å². The Morgan fingerprint density at radius 3 is 3.13 bits per heavy atom. The third-order valence-corrected chi connectivity index (χ3v) is 4.62. The fraction of sp³-hybridized carbons (Fsp3) is 0.545. The van der Waals surface area contributed by atoms with Crippen molar-refractivity contribution < 1.29 is 0 Å². The topological polar surface area (TPSA) is 16.1 Å². The summed E-state index contributed by atoms with van der Waals surface area (Å²) in [6.07, 6.45) is 4.41. The van der Waals surface area contributed by atoms with Crippen LogP contribution in [0, 0.1) is 6.92 Å². The zero-order valence-electron chi connectivity index (χ0n) is 8.71. The molecule has 2 rings (SSSR count). The summed E-state index contributed by atoms with van der Waals surface area (Å²) in [5, 5.41) is 1.02. The van der Waals surface area contributed by atoms with E-state index in [0.717, 1.165) is 22.2 Å². The van der Waals surface area contributed by atoms with Gasteiger partial charge in [0.05, 0.1) is 4.47 Å². The average Bonchev–Trinajstić information content (AvgIpc) is 2.70. The van der Waals surface area contributed by atoms with E-state index in [4.69, 9.17) is 0 Å². The van der Waals surface area contributed by atoms with Crippen LogP contribution in [0.15, 0.2) is 16.7 Å². The smallest absolute Gasteiger partial charge is 0.143 e. The molecular weight excluding hydrogens is 320 g/mol. The molecule has 4 heteroatoms. The Hall–Kier alpha value is -0.0900. The Morgan fingerprint density at radius 1 is 1.60 bits per heavy atom. The lowest BCUT2D eigenvalue weighted by Crippen LogP contribution is -2.31. The van der Waals surface area contributed by atoms with Gasteiger partial charge in [0, 0.05) is 24.1 Å². The maximum atomic E-state index is 4.48. The monoisotopic (exact) mass is 332 g/mol.